The van der Waals surface area contributed by atoms with E-state index >= 15 is 0 Å². The summed E-state index contributed by atoms with van der Waals surface area (Å²) in [6.45, 7) is 4.75. The Morgan fingerprint density at radius 3 is 3.08 bits per heavy atom. The zero-order valence-corrected chi connectivity index (χ0v) is 15.3. The molecule has 1 atom stereocenters. The van der Waals surface area contributed by atoms with Crippen LogP contribution in [-0.2, 0) is 17.6 Å². The summed E-state index contributed by atoms with van der Waals surface area (Å²) in [6, 6.07) is -0.00182. The molecule has 0 saturated heterocycles. The molecule has 1 aromatic heterocycles. The Hall–Kier alpha value is -2.07. The van der Waals surface area contributed by atoms with Gasteiger partial charge in [0.1, 0.15) is 0 Å². The number of hydrogen-bond acceptors (Lipinski definition) is 2. The van der Waals surface area contributed by atoms with E-state index in [1.807, 2.05) is 19.2 Å². The fourth-order valence-electron chi connectivity index (χ4n) is 3.20. The van der Waals surface area contributed by atoms with Gasteiger partial charge >= 0.3 is 0 Å². The summed E-state index contributed by atoms with van der Waals surface area (Å²) in [6.07, 6.45) is 18.9. The highest BCUT2D eigenvalue weighted by atomic mass is 16.1. The van der Waals surface area contributed by atoms with Crippen LogP contribution in [0.3, 0.4) is 0 Å². The number of rotatable bonds is 11. The Kier molecular flexibility index (Phi) is 8.26. The lowest BCUT2D eigenvalue weighted by molar-refractivity contribution is -0.121. The monoisotopic (exact) mass is 341 g/mol. The maximum Gasteiger partial charge on any atom is 0.220 e. The fraction of sp³-hybridized carbons (Fsp3) is 0.476. The number of carbonyl (C=O) groups excluding carboxylic acids is 1. The number of aromatic nitrogens is 1. The van der Waals surface area contributed by atoms with Crippen LogP contribution in [0.15, 0.2) is 37.1 Å². The van der Waals surface area contributed by atoms with Gasteiger partial charge in [0.2, 0.25) is 5.91 Å². The van der Waals surface area contributed by atoms with E-state index in [0.717, 1.165) is 45.1 Å². The lowest BCUT2D eigenvalue weighted by Gasteiger charge is -2.16. The third-order valence-corrected chi connectivity index (χ3v) is 4.53. The maximum atomic E-state index is 12.3. The summed E-state index contributed by atoms with van der Waals surface area (Å²) in [5.74, 6) is 0.128. The predicted octanol–water partition coefficient (Wildman–Crippen LogP) is 3.52. The number of hydrogen-bond donors (Lipinski definition) is 3. The topological polar surface area (TPSA) is 56.9 Å². The summed E-state index contributed by atoms with van der Waals surface area (Å²) >= 11 is 0. The first-order valence-electron chi connectivity index (χ1n) is 9.33. The van der Waals surface area contributed by atoms with Crippen LogP contribution >= 0.6 is 0 Å². The van der Waals surface area contributed by atoms with E-state index in [4.69, 9.17) is 0 Å². The normalized spacial score (nSPS) is 14.4. The number of allylic oxidation sites excluding steroid dienone is 3. The van der Waals surface area contributed by atoms with Crippen LogP contribution in [0.4, 0.5) is 0 Å². The van der Waals surface area contributed by atoms with Crippen molar-refractivity contribution in [1.29, 1.82) is 0 Å². The van der Waals surface area contributed by atoms with Crippen molar-refractivity contribution in [2.24, 2.45) is 0 Å². The molecule has 0 spiro atoms. The van der Waals surface area contributed by atoms with E-state index in [0.29, 0.717) is 6.42 Å². The fourth-order valence-corrected chi connectivity index (χ4v) is 3.20. The molecule has 0 radical (unpaired) electrons. The predicted molar refractivity (Wildman–Crippen MR) is 106 cm³/mol. The molecule has 25 heavy (non-hydrogen) atoms. The van der Waals surface area contributed by atoms with Crippen molar-refractivity contribution in [2.45, 2.75) is 51.0 Å². The number of nitrogens with one attached hydrogen (secondary N) is 3. The van der Waals surface area contributed by atoms with Gasteiger partial charge in [0, 0.05) is 18.3 Å². The Morgan fingerprint density at radius 2 is 2.28 bits per heavy atom. The molecule has 0 saturated carbocycles. The standard InChI is InChI=1S/C21H31N3O/c1-3-4-10-18(24-21(25)13-6-5-9-14-22-2)15-17-16-23-20-12-8-7-11-19(17)20/h3-4,7,10-11,16,18,22-23H,1,5-6,8-9,12-15H2,2H3,(H,24,25)/b10-4+. The second-order valence-corrected chi connectivity index (χ2v) is 6.56. The zero-order chi connectivity index (χ0) is 17.9. The van der Waals surface area contributed by atoms with Crippen LogP contribution in [-0.4, -0.2) is 30.5 Å². The van der Waals surface area contributed by atoms with Gasteiger partial charge in [-0.05, 0) is 56.8 Å². The van der Waals surface area contributed by atoms with Gasteiger partial charge in [-0.1, -0.05) is 43.4 Å². The lowest BCUT2D eigenvalue weighted by Crippen LogP contribution is -2.35. The molecular formula is C21H31N3O. The SMILES string of the molecule is C=C/C=C/C(Cc1c[nH]c2c1C=CCC2)NC(=O)CCCCCNC. The number of H-pyrrole nitrogens is 1. The molecule has 0 aliphatic heterocycles. The molecule has 4 heteroatoms. The molecule has 1 aliphatic carbocycles. The Bertz CT molecular complexity index is 613. The highest BCUT2D eigenvalue weighted by Gasteiger charge is 2.16. The molecule has 3 N–H and O–H groups in total. The number of aromatic amines is 1. The maximum absolute atomic E-state index is 12.3. The first-order valence-corrected chi connectivity index (χ1v) is 9.33. The Labute approximate surface area is 151 Å². The minimum atomic E-state index is -0.00182. The average Bonchev–Trinajstić information content (AvgIpc) is 3.02. The third-order valence-electron chi connectivity index (χ3n) is 4.53. The van der Waals surface area contributed by atoms with Gasteiger partial charge in [-0.15, -0.1) is 0 Å². The summed E-state index contributed by atoms with van der Waals surface area (Å²) < 4.78 is 0. The zero-order valence-electron chi connectivity index (χ0n) is 15.3. The molecule has 136 valence electrons. The molecule has 0 fully saturated rings. The highest BCUT2D eigenvalue weighted by Crippen LogP contribution is 2.23. The van der Waals surface area contributed by atoms with Crippen LogP contribution in [0.2, 0.25) is 0 Å². The Balaban J connectivity index is 1.89. The van der Waals surface area contributed by atoms with E-state index in [-0.39, 0.29) is 11.9 Å². The van der Waals surface area contributed by atoms with E-state index in [1.165, 1.54) is 16.8 Å². The van der Waals surface area contributed by atoms with Crippen molar-refractivity contribution in [3.05, 3.63) is 53.9 Å². The number of unbranched alkanes of at least 4 members (excludes halogenated alkanes) is 2. The molecule has 0 bridgehead atoms. The number of aryl methyl sites for hydroxylation is 1. The number of amides is 1. The number of carbonyl (C=O) groups is 1. The van der Waals surface area contributed by atoms with E-state index in [1.54, 1.807) is 6.08 Å². The van der Waals surface area contributed by atoms with E-state index in [9.17, 15) is 4.79 Å². The Morgan fingerprint density at radius 1 is 1.40 bits per heavy atom. The van der Waals surface area contributed by atoms with Crippen LogP contribution in [0.1, 0.15) is 48.9 Å². The first-order chi connectivity index (χ1) is 12.2. The quantitative estimate of drug-likeness (QED) is 0.426. The van der Waals surface area contributed by atoms with E-state index in [2.05, 4.69) is 40.5 Å². The van der Waals surface area contributed by atoms with Crippen molar-refractivity contribution in [3.8, 4) is 0 Å². The third kappa shape index (κ3) is 6.39. The van der Waals surface area contributed by atoms with Gasteiger partial charge in [-0.25, -0.2) is 0 Å². The van der Waals surface area contributed by atoms with Crippen LogP contribution in [0.25, 0.3) is 6.08 Å². The molecule has 1 aromatic rings. The van der Waals surface area contributed by atoms with Gasteiger partial charge in [0.25, 0.3) is 0 Å². The van der Waals surface area contributed by atoms with Crippen molar-refractivity contribution >= 4 is 12.0 Å². The van der Waals surface area contributed by atoms with Crippen molar-refractivity contribution in [3.63, 3.8) is 0 Å². The molecular weight excluding hydrogens is 310 g/mol. The van der Waals surface area contributed by atoms with Crippen LogP contribution in [0.5, 0.6) is 0 Å². The summed E-state index contributed by atoms with van der Waals surface area (Å²) in [4.78, 5) is 15.6. The average molecular weight is 341 g/mol. The lowest BCUT2D eigenvalue weighted by atomic mass is 9.97. The molecule has 2 rings (SSSR count). The molecule has 1 amide bonds. The summed E-state index contributed by atoms with van der Waals surface area (Å²) in [7, 11) is 1.96. The van der Waals surface area contributed by atoms with Crippen molar-refractivity contribution in [1.82, 2.24) is 15.6 Å². The first kappa shape index (κ1) is 19.3. The molecule has 4 nitrogen and oxygen atoms in total. The van der Waals surface area contributed by atoms with Crippen molar-refractivity contribution in [2.75, 3.05) is 13.6 Å². The highest BCUT2D eigenvalue weighted by molar-refractivity contribution is 5.76. The number of fused-ring (bicyclic) bond motifs is 1. The van der Waals surface area contributed by atoms with Crippen LogP contribution < -0.4 is 10.6 Å². The van der Waals surface area contributed by atoms with E-state index < -0.39 is 0 Å². The minimum Gasteiger partial charge on any atom is -0.364 e. The second kappa shape index (κ2) is 10.7. The van der Waals surface area contributed by atoms with Gasteiger partial charge in [0.05, 0.1) is 6.04 Å². The van der Waals surface area contributed by atoms with Gasteiger partial charge < -0.3 is 15.6 Å². The molecule has 0 aromatic carbocycles. The molecule has 1 unspecified atom stereocenters. The summed E-state index contributed by atoms with van der Waals surface area (Å²) in [5.41, 5.74) is 3.86. The van der Waals surface area contributed by atoms with Crippen LogP contribution in [0, 0.1) is 0 Å². The largest absolute Gasteiger partial charge is 0.364 e. The van der Waals surface area contributed by atoms with Gasteiger partial charge in [-0.3, -0.25) is 4.79 Å². The summed E-state index contributed by atoms with van der Waals surface area (Å²) in [5, 5.41) is 6.29. The molecule has 1 heterocycles. The van der Waals surface area contributed by atoms with Crippen molar-refractivity contribution < 1.29 is 4.79 Å². The van der Waals surface area contributed by atoms with Gasteiger partial charge in [-0.2, -0.15) is 0 Å². The second-order valence-electron chi connectivity index (χ2n) is 6.56. The molecule has 1 aliphatic rings. The van der Waals surface area contributed by atoms with Gasteiger partial charge in [0.15, 0.2) is 0 Å². The smallest absolute Gasteiger partial charge is 0.220 e. The minimum absolute atomic E-state index is 0.00182.